The number of rotatable bonds is 2. The van der Waals surface area contributed by atoms with Gasteiger partial charge in [0, 0.05) is 24.5 Å². The van der Waals surface area contributed by atoms with Crippen molar-refractivity contribution in [1.29, 1.82) is 0 Å². The minimum Gasteiger partial charge on any atom is -0.261 e. The zero-order valence-electron chi connectivity index (χ0n) is 9.08. The van der Waals surface area contributed by atoms with E-state index in [1.54, 1.807) is 12.4 Å². The van der Waals surface area contributed by atoms with Gasteiger partial charge in [-0.05, 0) is 24.3 Å². The van der Waals surface area contributed by atoms with Crippen LogP contribution in [-0.4, -0.2) is 9.97 Å². The Morgan fingerprint density at radius 2 is 1.75 bits per heavy atom. The smallest absolute Gasteiger partial charge is 0.0617 e. The van der Waals surface area contributed by atoms with Crippen molar-refractivity contribution in [2.45, 2.75) is 24.7 Å². The maximum atomic E-state index is 4.37. The molecular formula is C14H14N2. The molecule has 2 nitrogen and oxygen atoms in total. The van der Waals surface area contributed by atoms with E-state index in [0.29, 0.717) is 11.8 Å². The molecule has 0 amide bonds. The van der Waals surface area contributed by atoms with Crippen LogP contribution in [0.4, 0.5) is 0 Å². The molecule has 0 bridgehead atoms. The van der Waals surface area contributed by atoms with Crippen molar-refractivity contribution in [2.75, 3.05) is 0 Å². The predicted molar refractivity (Wildman–Crippen MR) is 63.2 cm³/mol. The molecule has 0 N–H and O–H groups in total. The average molecular weight is 210 g/mol. The van der Waals surface area contributed by atoms with E-state index in [0.717, 1.165) is 5.69 Å². The molecule has 1 fully saturated rings. The van der Waals surface area contributed by atoms with Gasteiger partial charge in [0.25, 0.3) is 0 Å². The normalized spacial score (nSPS) is 23.8. The Morgan fingerprint density at radius 3 is 2.44 bits per heavy atom. The lowest BCUT2D eigenvalue weighted by molar-refractivity contribution is 0.344. The van der Waals surface area contributed by atoms with Crippen LogP contribution < -0.4 is 0 Å². The number of hydrogen-bond donors (Lipinski definition) is 0. The van der Waals surface area contributed by atoms with Crippen molar-refractivity contribution < 1.29 is 0 Å². The standard InChI is InChI=1S/C14H14N2/c1-2-4-11(5-3-1)12-8-13(9-12)14-10-15-6-7-16-14/h1-7,10,12-13H,8-9H2. The number of nitrogens with zero attached hydrogens (tertiary/aromatic N) is 2. The number of aromatic nitrogens is 2. The third-order valence-corrected chi connectivity index (χ3v) is 3.41. The van der Waals surface area contributed by atoms with Crippen LogP contribution in [0.1, 0.15) is 35.9 Å². The van der Waals surface area contributed by atoms with Crippen LogP contribution in [0.15, 0.2) is 48.9 Å². The van der Waals surface area contributed by atoms with Crippen LogP contribution >= 0.6 is 0 Å². The van der Waals surface area contributed by atoms with Gasteiger partial charge in [0.2, 0.25) is 0 Å². The van der Waals surface area contributed by atoms with Gasteiger partial charge in [-0.2, -0.15) is 0 Å². The molecule has 0 aliphatic heterocycles. The summed E-state index contributed by atoms with van der Waals surface area (Å²) in [6.45, 7) is 0. The monoisotopic (exact) mass is 210 g/mol. The molecule has 16 heavy (non-hydrogen) atoms. The van der Waals surface area contributed by atoms with E-state index in [9.17, 15) is 0 Å². The van der Waals surface area contributed by atoms with Crippen LogP contribution in [-0.2, 0) is 0 Å². The van der Waals surface area contributed by atoms with Gasteiger partial charge in [0.1, 0.15) is 0 Å². The van der Waals surface area contributed by atoms with E-state index in [2.05, 4.69) is 40.3 Å². The van der Waals surface area contributed by atoms with Crippen LogP contribution in [0.2, 0.25) is 0 Å². The van der Waals surface area contributed by atoms with Gasteiger partial charge in [-0.1, -0.05) is 30.3 Å². The first-order valence-electron chi connectivity index (χ1n) is 5.74. The maximum absolute atomic E-state index is 4.37. The van der Waals surface area contributed by atoms with E-state index in [1.165, 1.54) is 18.4 Å². The maximum Gasteiger partial charge on any atom is 0.0617 e. The molecule has 1 aromatic carbocycles. The quantitative estimate of drug-likeness (QED) is 0.761. The molecule has 0 saturated heterocycles. The molecule has 1 heterocycles. The van der Waals surface area contributed by atoms with E-state index < -0.39 is 0 Å². The highest BCUT2D eigenvalue weighted by molar-refractivity contribution is 5.25. The van der Waals surface area contributed by atoms with Gasteiger partial charge in [-0.15, -0.1) is 0 Å². The van der Waals surface area contributed by atoms with Crippen LogP contribution in [0.3, 0.4) is 0 Å². The first-order valence-corrected chi connectivity index (χ1v) is 5.74. The third kappa shape index (κ3) is 1.71. The lowest BCUT2D eigenvalue weighted by Gasteiger charge is -2.35. The third-order valence-electron chi connectivity index (χ3n) is 3.41. The highest BCUT2D eigenvalue weighted by atomic mass is 14.8. The Hall–Kier alpha value is -1.70. The largest absolute Gasteiger partial charge is 0.261 e. The second-order valence-corrected chi connectivity index (χ2v) is 4.41. The summed E-state index contributed by atoms with van der Waals surface area (Å²) in [4.78, 5) is 8.49. The summed E-state index contributed by atoms with van der Waals surface area (Å²) in [5.74, 6) is 1.33. The van der Waals surface area contributed by atoms with Crippen LogP contribution in [0.5, 0.6) is 0 Å². The summed E-state index contributed by atoms with van der Waals surface area (Å²) in [5.41, 5.74) is 2.61. The molecule has 0 spiro atoms. The molecule has 1 aliphatic rings. The Kier molecular flexibility index (Phi) is 2.41. The molecule has 0 radical (unpaired) electrons. The molecule has 1 aliphatic carbocycles. The average Bonchev–Trinajstić information content (AvgIpc) is 2.30. The fraction of sp³-hybridized carbons (Fsp3) is 0.286. The molecule has 3 rings (SSSR count). The lowest BCUT2D eigenvalue weighted by atomic mass is 9.70. The second kappa shape index (κ2) is 4.05. The zero-order chi connectivity index (χ0) is 10.8. The van der Waals surface area contributed by atoms with E-state index >= 15 is 0 Å². The van der Waals surface area contributed by atoms with E-state index in [4.69, 9.17) is 0 Å². The van der Waals surface area contributed by atoms with Crippen molar-refractivity contribution in [3.8, 4) is 0 Å². The second-order valence-electron chi connectivity index (χ2n) is 4.41. The Labute approximate surface area is 95.4 Å². The van der Waals surface area contributed by atoms with Crippen molar-refractivity contribution >= 4 is 0 Å². The number of hydrogen-bond acceptors (Lipinski definition) is 2. The van der Waals surface area contributed by atoms with Gasteiger partial charge < -0.3 is 0 Å². The fourth-order valence-electron chi connectivity index (χ4n) is 2.38. The zero-order valence-corrected chi connectivity index (χ0v) is 9.08. The van der Waals surface area contributed by atoms with Gasteiger partial charge >= 0.3 is 0 Å². The van der Waals surface area contributed by atoms with Gasteiger partial charge in [0.15, 0.2) is 0 Å². The highest BCUT2D eigenvalue weighted by Gasteiger charge is 2.32. The van der Waals surface area contributed by atoms with E-state index in [1.807, 2.05) is 6.20 Å². The molecular weight excluding hydrogens is 196 g/mol. The summed E-state index contributed by atoms with van der Waals surface area (Å²) >= 11 is 0. The molecule has 1 aromatic heterocycles. The van der Waals surface area contributed by atoms with Crippen molar-refractivity contribution in [3.05, 3.63) is 60.2 Å². The summed E-state index contributed by atoms with van der Waals surface area (Å²) < 4.78 is 0. The van der Waals surface area contributed by atoms with Crippen molar-refractivity contribution in [3.63, 3.8) is 0 Å². The van der Waals surface area contributed by atoms with E-state index in [-0.39, 0.29) is 0 Å². The molecule has 2 heteroatoms. The molecule has 1 saturated carbocycles. The molecule has 0 atom stereocenters. The summed E-state index contributed by atoms with van der Waals surface area (Å²) in [5, 5.41) is 0. The Morgan fingerprint density at radius 1 is 0.938 bits per heavy atom. The van der Waals surface area contributed by atoms with Gasteiger partial charge in [-0.3, -0.25) is 9.97 Å². The first kappa shape index (κ1) is 9.52. The topological polar surface area (TPSA) is 25.8 Å². The van der Waals surface area contributed by atoms with Crippen LogP contribution in [0.25, 0.3) is 0 Å². The van der Waals surface area contributed by atoms with Gasteiger partial charge in [0.05, 0.1) is 5.69 Å². The molecule has 0 unspecified atom stereocenters. The summed E-state index contributed by atoms with van der Waals surface area (Å²) in [6, 6.07) is 10.7. The summed E-state index contributed by atoms with van der Waals surface area (Å²) in [7, 11) is 0. The minimum atomic E-state index is 0.610. The number of benzene rings is 1. The molecule has 2 aromatic rings. The van der Waals surface area contributed by atoms with Crippen LogP contribution in [0, 0.1) is 0 Å². The SMILES string of the molecule is c1ccc(C2CC(c3cnccn3)C2)cc1. The minimum absolute atomic E-state index is 0.610. The molecule has 80 valence electrons. The summed E-state index contributed by atoms with van der Waals surface area (Å²) in [6.07, 6.45) is 7.83. The lowest BCUT2D eigenvalue weighted by Crippen LogP contribution is -2.20. The Bertz CT molecular complexity index is 403. The predicted octanol–water partition coefficient (Wildman–Crippen LogP) is 3.14. The fourth-order valence-corrected chi connectivity index (χ4v) is 2.38. The highest BCUT2D eigenvalue weighted by Crippen LogP contribution is 2.46. The van der Waals surface area contributed by atoms with Gasteiger partial charge in [-0.25, -0.2) is 0 Å². The van der Waals surface area contributed by atoms with Crippen molar-refractivity contribution in [1.82, 2.24) is 9.97 Å². The van der Waals surface area contributed by atoms with Crippen molar-refractivity contribution in [2.24, 2.45) is 0 Å². The Balaban J connectivity index is 1.68. The first-order chi connectivity index (χ1) is 7.93.